The number of carboxylic acid groups (broad SMARTS) is 1. The number of aromatic nitrogens is 1. The maximum Gasteiger partial charge on any atom is 0.336 e. The van der Waals surface area contributed by atoms with Crippen LogP contribution in [0, 0.1) is 6.92 Å². The van der Waals surface area contributed by atoms with Crippen molar-refractivity contribution in [1.82, 2.24) is 4.98 Å². The largest absolute Gasteiger partial charge is 0.478 e. The van der Waals surface area contributed by atoms with Crippen molar-refractivity contribution in [2.45, 2.75) is 11.8 Å². The van der Waals surface area contributed by atoms with E-state index in [0.717, 1.165) is 10.6 Å². The standard InChI is InChI=1S/C13H11BrN2O3S2/c1-7-5-21-13(15-7)16-11(17)6-20-8-2-3-10(14)9(4-8)12(18)19/h2-5H,6H2,1H3,(H,18,19)(H,15,16,17). The first-order valence-corrected chi connectivity index (χ1v) is 8.49. The summed E-state index contributed by atoms with van der Waals surface area (Å²) in [6.07, 6.45) is 0. The van der Waals surface area contributed by atoms with Gasteiger partial charge in [0.1, 0.15) is 0 Å². The van der Waals surface area contributed by atoms with Crippen molar-refractivity contribution in [2.24, 2.45) is 0 Å². The fourth-order valence-corrected chi connectivity index (χ4v) is 3.33. The third-order valence-corrected chi connectivity index (χ3v) is 4.96. The number of aromatic carboxylic acids is 1. The van der Waals surface area contributed by atoms with Crippen LogP contribution in [0.4, 0.5) is 5.13 Å². The molecule has 0 spiro atoms. The van der Waals surface area contributed by atoms with E-state index in [1.807, 2.05) is 12.3 Å². The molecule has 1 aromatic heterocycles. The highest BCUT2D eigenvalue weighted by molar-refractivity contribution is 9.10. The Balaban J connectivity index is 1.95. The van der Waals surface area contributed by atoms with E-state index < -0.39 is 5.97 Å². The number of halogens is 1. The van der Waals surface area contributed by atoms with Gasteiger partial charge in [-0.3, -0.25) is 4.79 Å². The molecule has 0 radical (unpaired) electrons. The van der Waals surface area contributed by atoms with Gasteiger partial charge in [0, 0.05) is 14.7 Å². The summed E-state index contributed by atoms with van der Waals surface area (Å²) in [5.74, 6) is -0.986. The predicted octanol–water partition coefficient (Wildman–Crippen LogP) is 3.64. The lowest BCUT2D eigenvalue weighted by molar-refractivity contribution is -0.113. The second-order valence-electron chi connectivity index (χ2n) is 4.08. The molecule has 1 amide bonds. The molecule has 0 fully saturated rings. The molecule has 0 atom stereocenters. The Morgan fingerprint density at radius 2 is 2.24 bits per heavy atom. The Bertz CT molecular complexity index is 688. The van der Waals surface area contributed by atoms with Crippen molar-refractivity contribution in [2.75, 3.05) is 11.1 Å². The Hall–Kier alpha value is -1.38. The van der Waals surface area contributed by atoms with Crippen LogP contribution in [0.3, 0.4) is 0 Å². The van der Waals surface area contributed by atoms with Crippen LogP contribution in [-0.4, -0.2) is 27.7 Å². The average Bonchev–Trinajstić information content (AvgIpc) is 2.82. The van der Waals surface area contributed by atoms with Crippen LogP contribution >= 0.6 is 39.0 Å². The third kappa shape index (κ3) is 4.55. The highest BCUT2D eigenvalue weighted by atomic mass is 79.9. The van der Waals surface area contributed by atoms with E-state index in [-0.39, 0.29) is 17.2 Å². The number of nitrogens with one attached hydrogen (secondary N) is 1. The van der Waals surface area contributed by atoms with Crippen molar-refractivity contribution in [3.63, 3.8) is 0 Å². The maximum absolute atomic E-state index is 11.8. The van der Waals surface area contributed by atoms with Crippen molar-refractivity contribution >= 4 is 56.0 Å². The van der Waals surface area contributed by atoms with Crippen LogP contribution in [0.5, 0.6) is 0 Å². The minimum Gasteiger partial charge on any atom is -0.478 e. The van der Waals surface area contributed by atoms with E-state index in [1.165, 1.54) is 29.2 Å². The van der Waals surface area contributed by atoms with Crippen LogP contribution in [0.25, 0.3) is 0 Å². The summed E-state index contributed by atoms with van der Waals surface area (Å²) in [7, 11) is 0. The van der Waals surface area contributed by atoms with E-state index in [2.05, 4.69) is 26.2 Å². The number of hydrogen-bond donors (Lipinski definition) is 2. The van der Waals surface area contributed by atoms with Crippen molar-refractivity contribution < 1.29 is 14.7 Å². The molecule has 0 saturated heterocycles. The van der Waals surface area contributed by atoms with Gasteiger partial charge in [0.05, 0.1) is 17.0 Å². The first kappa shape index (κ1) is 16.0. The predicted molar refractivity (Wildman–Crippen MR) is 87.3 cm³/mol. The number of thiazole rings is 1. The zero-order valence-electron chi connectivity index (χ0n) is 10.9. The fourth-order valence-electron chi connectivity index (χ4n) is 1.47. The van der Waals surface area contributed by atoms with Crippen molar-refractivity contribution in [3.8, 4) is 0 Å². The molecule has 1 heterocycles. The van der Waals surface area contributed by atoms with Gasteiger partial charge in [0.2, 0.25) is 5.91 Å². The number of benzene rings is 1. The molecule has 5 nitrogen and oxygen atoms in total. The second-order valence-corrected chi connectivity index (χ2v) is 6.84. The minimum absolute atomic E-state index is 0.172. The zero-order chi connectivity index (χ0) is 15.4. The minimum atomic E-state index is -1.01. The Labute approximate surface area is 137 Å². The molecule has 8 heteroatoms. The summed E-state index contributed by atoms with van der Waals surface area (Å²) in [5.41, 5.74) is 1.04. The van der Waals surface area contributed by atoms with Gasteiger partial charge in [0.15, 0.2) is 5.13 Å². The molecule has 0 unspecified atom stereocenters. The molecule has 0 aliphatic carbocycles. The third-order valence-electron chi connectivity index (χ3n) is 2.40. The number of carbonyl (C=O) groups excluding carboxylic acids is 1. The number of carboxylic acids is 1. The highest BCUT2D eigenvalue weighted by Gasteiger charge is 2.11. The molecule has 0 aliphatic heterocycles. The second kappa shape index (κ2) is 7.06. The van der Waals surface area contributed by atoms with E-state index in [4.69, 9.17) is 5.11 Å². The summed E-state index contributed by atoms with van der Waals surface area (Å²) in [4.78, 5) is 27.7. The maximum atomic E-state index is 11.8. The smallest absolute Gasteiger partial charge is 0.336 e. The van der Waals surface area contributed by atoms with Gasteiger partial charge in [-0.05, 0) is 41.1 Å². The lowest BCUT2D eigenvalue weighted by Crippen LogP contribution is -2.13. The zero-order valence-corrected chi connectivity index (χ0v) is 14.1. The van der Waals surface area contributed by atoms with E-state index in [0.29, 0.717) is 9.60 Å². The lowest BCUT2D eigenvalue weighted by Gasteiger charge is -2.05. The normalized spacial score (nSPS) is 10.4. The van der Waals surface area contributed by atoms with Gasteiger partial charge in [-0.2, -0.15) is 0 Å². The molecule has 110 valence electrons. The summed E-state index contributed by atoms with van der Waals surface area (Å²) in [6, 6.07) is 4.97. The van der Waals surface area contributed by atoms with Crippen LogP contribution in [0.2, 0.25) is 0 Å². The molecular weight excluding hydrogens is 376 g/mol. The summed E-state index contributed by atoms with van der Waals surface area (Å²) in [5, 5.41) is 14.2. The first-order chi connectivity index (χ1) is 9.95. The topological polar surface area (TPSA) is 79.3 Å². The van der Waals surface area contributed by atoms with Crippen LogP contribution < -0.4 is 5.32 Å². The van der Waals surface area contributed by atoms with Gasteiger partial charge in [0.25, 0.3) is 0 Å². The van der Waals surface area contributed by atoms with Gasteiger partial charge >= 0.3 is 5.97 Å². The Morgan fingerprint density at radius 3 is 2.86 bits per heavy atom. The number of thioether (sulfide) groups is 1. The number of anilines is 1. The molecule has 0 bridgehead atoms. The fraction of sp³-hybridized carbons (Fsp3) is 0.154. The Morgan fingerprint density at radius 1 is 1.48 bits per heavy atom. The van der Waals surface area contributed by atoms with Gasteiger partial charge in [-0.1, -0.05) is 0 Å². The van der Waals surface area contributed by atoms with E-state index in [9.17, 15) is 9.59 Å². The van der Waals surface area contributed by atoms with E-state index >= 15 is 0 Å². The SMILES string of the molecule is Cc1csc(NC(=O)CSc2ccc(Br)c(C(=O)O)c2)n1. The molecule has 2 N–H and O–H groups in total. The van der Waals surface area contributed by atoms with Crippen molar-refractivity contribution in [3.05, 3.63) is 39.3 Å². The molecule has 2 aromatic rings. The Kier molecular flexibility index (Phi) is 5.38. The summed E-state index contributed by atoms with van der Waals surface area (Å²) >= 11 is 5.83. The highest BCUT2D eigenvalue weighted by Crippen LogP contribution is 2.25. The molecule has 21 heavy (non-hydrogen) atoms. The van der Waals surface area contributed by atoms with Gasteiger partial charge in [-0.15, -0.1) is 23.1 Å². The quantitative estimate of drug-likeness (QED) is 0.766. The number of rotatable bonds is 5. The summed E-state index contributed by atoms with van der Waals surface area (Å²) < 4.78 is 0.516. The monoisotopic (exact) mass is 386 g/mol. The molecule has 1 aromatic carbocycles. The van der Waals surface area contributed by atoms with Crippen molar-refractivity contribution in [1.29, 1.82) is 0 Å². The van der Waals surface area contributed by atoms with Crippen LogP contribution in [0.15, 0.2) is 32.9 Å². The number of carbonyl (C=O) groups is 2. The molecule has 2 rings (SSSR count). The number of hydrogen-bond acceptors (Lipinski definition) is 5. The summed E-state index contributed by atoms with van der Waals surface area (Å²) in [6.45, 7) is 1.86. The lowest BCUT2D eigenvalue weighted by atomic mass is 10.2. The first-order valence-electron chi connectivity index (χ1n) is 5.83. The van der Waals surface area contributed by atoms with Gasteiger partial charge < -0.3 is 10.4 Å². The number of nitrogens with zero attached hydrogens (tertiary/aromatic N) is 1. The van der Waals surface area contributed by atoms with Crippen LogP contribution in [-0.2, 0) is 4.79 Å². The molecular formula is C13H11BrN2O3S2. The number of amides is 1. The van der Waals surface area contributed by atoms with Crippen LogP contribution in [0.1, 0.15) is 16.1 Å². The molecule has 0 saturated carbocycles. The number of aryl methyl sites for hydroxylation is 1. The van der Waals surface area contributed by atoms with E-state index in [1.54, 1.807) is 12.1 Å². The molecule has 0 aliphatic rings. The van der Waals surface area contributed by atoms with Gasteiger partial charge in [-0.25, -0.2) is 9.78 Å². The average molecular weight is 387 g/mol.